The fraction of sp³-hybridized carbons (Fsp3) is 0.235. The molecule has 0 heterocycles. The summed E-state index contributed by atoms with van der Waals surface area (Å²) in [5, 5.41) is 11.9. The molecule has 25 heavy (non-hydrogen) atoms. The van der Waals surface area contributed by atoms with Gasteiger partial charge in [0.15, 0.2) is 0 Å². The van der Waals surface area contributed by atoms with Crippen molar-refractivity contribution in [1.29, 1.82) is 0 Å². The number of amides is 1. The van der Waals surface area contributed by atoms with Gasteiger partial charge >= 0.3 is 6.36 Å². The average molecular weight is 355 g/mol. The fourth-order valence-corrected chi connectivity index (χ4v) is 1.95. The third-order valence-electron chi connectivity index (χ3n) is 3.04. The summed E-state index contributed by atoms with van der Waals surface area (Å²) < 4.78 is 45.3. The zero-order chi connectivity index (χ0) is 18.3. The predicted octanol–water partition coefficient (Wildman–Crippen LogP) is 3.49. The van der Waals surface area contributed by atoms with Gasteiger partial charge in [-0.2, -0.15) is 0 Å². The smallest absolute Gasteiger partial charge is 0.508 e. The summed E-state index contributed by atoms with van der Waals surface area (Å²) in [6, 6.07) is 11.0. The SMILES string of the molecule is O=C(NCCCOc1cccc(O)c1)c1ccc(OC(F)(F)F)cc1. The van der Waals surface area contributed by atoms with Gasteiger partial charge in [-0.25, -0.2) is 0 Å². The van der Waals surface area contributed by atoms with Crippen molar-refractivity contribution in [3.05, 3.63) is 54.1 Å². The number of aromatic hydroxyl groups is 1. The molecular weight excluding hydrogens is 339 g/mol. The number of phenols is 1. The first-order valence-corrected chi connectivity index (χ1v) is 7.39. The third kappa shape index (κ3) is 6.62. The third-order valence-corrected chi connectivity index (χ3v) is 3.04. The Morgan fingerprint density at radius 3 is 2.44 bits per heavy atom. The van der Waals surface area contributed by atoms with Crippen LogP contribution in [0.3, 0.4) is 0 Å². The summed E-state index contributed by atoms with van der Waals surface area (Å²) in [5.74, 6) is -0.171. The minimum absolute atomic E-state index is 0.101. The van der Waals surface area contributed by atoms with Crippen LogP contribution < -0.4 is 14.8 Å². The topological polar surface area (TPSA) is 67.8 Å². The van der Waals surface area contributed by atoms with Crippen LogP contribution in [-0.4, -0.2) is 30.5 Å². The molecule has 1 amide bonds. The fourth-order valence-electron chi connectivity index (χ4n) is 1.95. The van der Waals surface area contributed by atoms with Crippen molar-refractivity contribution < 1.29 is 32.5 Å². The van der Waals surface area contributed by atoms with Gasteiger partial charge in [0.2, 0.25) is 0 Å². The summed E-state index contributed by atoms with van der Waals surface area (Å²) in [6.07, 6.45) is -4.24. The molecule has 0 aliphatic heterocycles. The van der Waals surface area contributed by atoms with Gasteiger partial charge < -0.3 is 19.9 Å². The maximum absolute atomic E-state index is 12.1. The Morgan fingerprint density at radius 2 is 1.80 bits per heavy atom. The van der Waals surface area contributed by atoms with Crippen LogP contribution in [-0.2, 0) is 0 Å². The highest BCUT2D eigenvalue weighted by Crippen LogP contribution is 2.22. The molecule has 134 valence electrons. The van der Waals surface area contributed by atoms with E-state index in [0.717, 1.165) is 12.1 Å². The van der Waals surface area contributed by atoms with Crippen LogP contribution in [0.2, 0.25) is 0 Å². The number of rotatable bonds is 7. The Bertz CT molecular complexity index is 702. The minimum Gasteiger partial charge on any atom is -0.508 e. The van der Waals surface area contributed by atoms with Gasteiger partial charge in [-0.05, 0) is 42.8 Å². The molecule has 0 aromatic heterocycles. The summed E-state index contributed by atoms with van der Waals surface area (Å²) in [4.78, 5) is 11.9. The number of carbonyl (C=O) groups excluding carboxylic acids is 1. The number of ether oxygens (including phenoxy) is 2. The van der Waals surface area contributed by atoms with Crippen LogP contribution in [0.5, 0.6) is 17.2 Å². The normalized spacial score (nSPS) is 11.0. The molecule has 0 saturated carbocycles. The second-order valence-electron chi connectivity index (χ2n) is 5.03. The molecule has 0 atom stereocenters. The second kappa shape index (κ2) is 8.27. The van der Waals surface area contributed by atoms with Crippen LogP contribution >= 0.6 is 0 Å². The highest BCUT2D eigenvalue weighted by Gasteiger charge is 2.31. The van der Waals surface area contributed by atoms with Crippen molar-refractivity contribution in [1.82, 2.24) is 5.32 Å². The summed E-state index contributed by atoms with van der Waals surface area (Å²) in [5.41, 5.74) is 0.225. The van der Waals surface area contributed by atoms with Crippen molar-refractivity contribution in [2.45, 2.75) is 12.8 Å². The molecule has 2 rings (SSSR count). The number of halogens is 3. The molecule has 0 radical (unpaired) electrons. The van der Waals surface area contributed by atoms with Gasteiger partial charge in [-0.3, -0.25) is 4.79 Å². The Hall–Kier alpha value is -2.90. The lowest BCUT2D eigenvalue weighted by Gasteiger charge is -2.10. The van der Waals surface area contributed by atoms with E-state index in [-0.39, 0.29) is 17.1 Å². The first-order valence-electron chi connectivity index (χ1n) is 7.39. The minimum atomic E-state index is -4.76. The van der Waals surface area contributed by atoms with Crippen LogP contribution in [0.4, 0.5) is 13.2 Å². The van der Waals surface area contributed by atoms with Gasteiger partial charge in [-0.1, -0.05) is 6.07 Å². The van der Waals surface area contributed by atoms with Crippen LogP contribution in [0.15, 0.2) is 48.5 Å². The molecule has 8 heteroatoms. The van der Waals surface area contributed by atoms with E-state index >= 15 is 0 Å². The molecule has 0 bridgehead atoms. The van der Waals surface area contributed by atoms with E-state index in [1.807, 2.05) is 0 Å². The average Bonchev–Trinajstić information content (AvgIpc) is 2.53. The van der Waals surface area contributed by atoms with E-state index in [4.69, 9.17) is 4.74 Å². The lowest BCUT2D eigenvalue weighted by molar-refractivity contribution is -0.274. The zero-order valence-corrected chi connectivity index (χ0v) is 13.0. The quantitative estimate of drug-likeness (QED) is 0.746. The number of benzene rings is 2. The zero-order valence-electron chi connectivity index (χ0n) is 13.0. The molecule has 5 nitrogen and oxygen atoms in total. The van der Waals surface area contributed by atoms with E-state index in [1.54, 1.807) is 12.1 Å². The van der Waals surface area contributed by atoms with Crippen molar-refractivity contribution in [3.8, 4) is 17.2 Å². The molecule has 0 fully saturated rings. The lowest BCUT2D eigenvalue weighted by Crippen LogP contribution is -2.25. The van der Waals surface area contributed by atoms with Gasteiger partial charge in [0.05, 0.1) is 6.61 Å². The molecule has 2 aromatic carbocycles. The number of alkyl halides is 3. The monoisotopic (exact) mass is 355 g/mol. The van der Waals surface area contributed by atoms with Gasteiger partial charge in [0.25, 0.3) is 5.91 Å². The number of nitrogens with one attached hydrogen (secondary N) is 1. The second-order valence-corrected chi connectivity index (χ2v) is 5.03. The number of hydrogen-bond donors (Lipinski definition) is 2. The molecule has 2 N–H and O–H groups in total. The van der Waals surface area contributed by atoms with E-state index in [9.17, 15) is 23.1 Å². The van der Waals surface area contributed by atoms with Gasteiger partial charge in [0.1, 0.15) is 17.2 Å². The molecule has 0 saturated heterocycles. The van der Waals surface area contributed by atoms with E-state index in [1.165, 1.54) is 24.3 Å². The molecule has 0 aliphatic rings. The first kappa shape index (κ1) is 18.4. The van der Waals surface area contributed by atoms with Crippen LogP contribution in [0, 0.1) is 0 Å². The largest absolute Gasteiger partial charge is 0.573 e. The summed E-state index contributed by atoms with van der Waals surface area (Å²) in [6.45, 7) is 0.667. The molecule has 0 spiro atoms. The van der Waals surface area contributed by atoms with Crippen molar-refractivity contribution >= 4 is 5.91 Å². The van der Waals surface area contributed by atoms with E-state index in [2.05, 4.69) is 10.1 Å². The number of hydrogen-bond acceptors (Lipinski definition) is 4. The Kier molecular flexibility index (Phi) is 6.10. The van der Waals surface area contributed by atoms with Crippen LogP contribution in [0.25, 0.3) is 0 Å². The highest BCUT2D eigenvalue weighted by atomic mass is 19.4. The standard InChI is InChI=1S/C17H16F3NO4/c18-17(19,20)25-14-7-5-12(6-8-14)16(23)21-9-2-10-24-15-4-1-3-13(22)11-15/h1,3-8,11,22H,2,9-10H2,(H,21,23). The number of carbonyl (C=O) groups is 1. The Morgan fingerprint density at radius 1 is 1.08 bits per heavy atom. The van der Waals surface area contributed by atoms with Crippen LogP contribution in [0.1, 0.15) is 16.8 Å². The number of phenolic OH excluding ortho intramolecular Hbond substituents is 1. The lowest BCUT2D eigenvalue weighted by atomic mass is 10.2. The Labute approximate surface area is 142 Å². The first-order chi connectivity index (χ1) is 11.8. The Balaban J connectivity index is 1.71. The highest BCUT2D eigenvalue weighted by molar-refractivity contribution is 5.94. The summed E-state index contributed by atoms with van der Waals surface area (Å²) >= 11 is 0. The maximum atomic E-state index is 12.1. The maximum Gasteiger partial charge on any atom is 0.573 e. The van der Waals surface area contributed by atoms with Crippen molar-refractivity contribution in [2.75, 3.05) is 13.2 Å². The summed E-state index contributed by atoms with van der Waals surface area (Å²) in [7, 11) is 0. The van der Waals surface area contributed by atoms with Crippen molar-refractivity contribution in [3.63, 3.8) is 0 Å². The molecule has 2 aromatic rings. The van der Waals surface area contributed by atoms with E-state index in [0.29, 0.717) is 25.3 Å². The van der Waals surface area contributed by atoms with E-state index < -0.39 is 12.3 Å². The molecular formula is C17H16F3NO4. The molecule has 0 aliphatic carbocycles. The predicted molar refractivity (Wildman–Crippen MR) is 83.7 cm³/mol. The van der Waals surface area contributed by atoms with Gasteiger partial charge in [-0.15, -0.1) is 13.2 Å². The van der Waals surface area contributed by atoms with Gasteiger partial charge in [0, 0.05) is 18.2 Å². The van der Waals surface area contributed by atoms with Crippen molar-refractivity contribution in [2.24, 2.45) is 0 Å². The molecule has 0 unspecified atom stereocenters.